The second-order valence-corrected chi connectivity index (χ2v) is 11.6. The molecule has 0 aliphatic rings. The molecule has 0 atom stereocenters. The minimum Gasteiger partial charge on any atom is -0.345 e. The summed E-state index contributed by atoms with van der Waals surface area (Å²) < 4.78 is 1.73. The fraction of sp³-hybridized carbons (Fsp3) is 0.100. The van der Waals surface area contributed by atoms with Crippen molar-refractivity contribution in [2.75, 3.05) is 22.1 Å². The summed E-state index contributed by atoms with van der Waals surface area (Å²) in [5.41, 5.74) is 4.13. The minimum atomic E-state index is 0.771. The summed E-state index contributed by atoms with van der Waals surface area (Å²) in [7, 11) is 6.55. The van der Waals surface area contributed by atoms with Gasteiger partial charge in [-0.05, 0) is 31.2 Å². The van der Waals surface area contributed by atoms with Crippen LogP contribution < -0.4 is 15.5 Å². The summed E-state index contributed by atoms with van der Waals surface area (Å²) in [6.45, 7) is 2.90. The Bertz CT molecular complexity index is 1100. The molecule has 2 aromatic carbocycles. The summed E-state index contributed by atoms with van der Waals surface area (Å²) in [5, 5.41) is 9.15. The monoisotopic (exact) mass is 491 g/mol. The fourth-order valence-corrected chi connectivity index (χ4v) is 8.11. The van der Waals surface area contributed by atoms with E-state index in [1.165, 1.54) is 0 Å². The molecule has 0 bridgehead atoms. The molecule has 4 aromatic rings. The molecule has 29 heavy (non-hydrogen) atoms. The third kappa shape index (κ3) is 4.60. The topological polar surface area (TPSA) is 27.3 Å². The van der Waals surface area contributed by atoms with Crippen LogP contribution >= 0.6 is 65.8 Å². The first-order valence-corrected chi connectivity index (χ1v) is 14.0. The first-order valence-electron chi connectivity index (χ1n) is 8.85. The van der Waals surface area contributed by atoms with Crippen molar-refractivity contribution in [3.8, 4) is 0 Å². The number of anilines is 6. The highest BCUT2D eigenvalue weighted by Gasteiger charge is 2.22. The number of para-hydroxylation sites is 2. The Kier molecular flexibility index (Phi) is 6.74. The van der Waals surface area contributed by atoms with Crippen LogP contribution in [0.1, 0.15) is 6.92 Å². The molecule has 0 aliphatic heterocycles. The van der Waals surface area contributed by atoms with Crippen molar-refractivity contribution in [1.82, 2.24) is 0 Å². The lowest BCUT2D eigenvalue weighted by Gasteiger charge is -2.23. The van der Waals surface area contributed by atoms with Gasteiger partial charge in [0, 0.05) is 17.9 Å². The molecule has 0 saturated heterocycles. The maximum atomic E-state index is 5.72. The Labute approximate surface area is 194 Å². The maximum Gasteiger partial charge on any atom is 0.130 e. The Morgan fingerprint density at radius 1 is 0.690 bits per heavy atom. The molecule has 0 fully saturated rings. The van der Waals surface area contributed by atoms with E-state index in [4.69, 9.17) is 24.4 Å². The van der Waals surface area contributed by atoms with Crippen LogP contribution in [-0.2, 0) is 0 Å². The van der Waals surface area contributed by atoms with Gasteiger partial charge in [0.2, 0.25) is 0 Å². The van der Waals surface area contributed by atoms with Crippen molar-refractivity contribution < 1.29 is 0 Å². The van der Waals surface area contributed by atoms with Gasteiger partial charge in [0.25, 0.3) is 0 Å². The molecule has 3 nitrogen and oxygen atoms in total. The molecule has 0 amide bonds. The van der Waals surface area contributed by atoms with Crippen LogP contribution in [-0.4, -0.2) is 6.54 Å². The van der Waals surface area contributed by atoms with Crippen LogP contribution in [0, 0.1) is 7.65 Å². The van der Waals surface area contributed by atoms with Crippen molar-refractivity contribution in [2.45, 2.75) is 6.92 Å². The lowest BCUT2D eigenvalue weighted by molar-refractivity contribution is 1.03. The SMILES string of the molecule is CCN(c1c(Nc2ccccc2)ssc1=S)c1c(Nc2ccccc2)ssc1=S. The number of hydrogen-bond donors (Lipinski definition) is 2. The normalized spacial score (nSPS) is 10.7. The highest BCUT2D eigenvalue weighted by molar-refractivity contribution is 7.81. The van der Waals surface area contributed by atoms with Gasteiger partial charge >= 0.3 is 0 Å². The fourth-order valence-electron chi connectivity index (χ4n) is 2.86. The first kappa shape index (κ1) is 20.6. The standard InChI is InChI=1S/C20H17N3S6/c1-2-23(15-17(26-28-19(15)24)21-13-9-5-3-6-10-13)16-18(27-29-20(16)25)22-14-11-7-4-8-12-14/h3-12,21-22H,2H2,1H3. The Balaban J connectivity index is 1.74. The van der Waals surface area contributed by atoms with Crippen LogP contribution in [0.5, 0.6) is 0 Å². The van der Waals surface area contributed by atoms with Crippen molar-refractivity contribution in [3.05, 3.63) is 68.3 Å². The van der Waals surface area contributed by atoms with Crippen LogP contribution in [0.4, 0.5) is 32.8 Å². The predicted octanol–water partition coefficient (Wildman–Crippen LogP) is 9.04. The quantitative estimate of drug-likeness (QED) is 0.199. The number of nitrogens with zero attached hydrogens (tertiary/aromatic N) is 1. The number of hydrogen-bond acceptors (Lipinski definition) is 9. The summed E-state index contributed by atoms with van der Waals surface area (Å²) in [5.74, 6) is 0. The molecule has 0 spiro atoms. The summed E-state index contributed by atoms with van der Waals surface area (Å²) in [6, 6.07) is 20.3. The molecular weight excluding hydrogens is 475 g/mol. The molecule has 0 saturated carbocycles. The lowest BCUT2D eigenvalue weighted by atomic mass is 10.3. The molecule has 2 aromatic heterocycles. The van der Waals surface area contributed by atoms with E-state index in [9.17, 15) is 0 Å². The number of rotatable bonds is 7. The first-order chi connectivity index (χ1) is 14.2. The van der Waals surface area contributed by atoms with E-state index in [0.29, 0.717) is 0 Å². The van der Waals surface area contributed by atoms with Gasteiger partial charge in [-0.25, -0.2) is 0 Å². The zero-order valence-corrected chi connectivity index (χ0v) is 20.3. The Morgan fingerprint density at radius 2 is 1.10 bits per heavy atom. The van der Waals surface area contributed by atoms with Gasteiger partial charge in [0.15, 0.2) is 0 Å². The second-order valence-electron chi connectivity index (χ2n) is 5.99. The Morgan fingerprint density at radius 3 is 1.48 bits per heavy atom. The predicted molar refractivity (Wildman–Crippen MR) is 138 cm³/mol. The van der Waals surface area contributed by atoms with Gasteiger partial charge in [0.05, 0.1) is 0 Å². The van der Waals surface area contributed by atoms with Gasteiger partial charge in [-0.3, -0.25) is 0 Å². The van der Waals surface area contributed by atoms with Crippen molar-refractivity contribution >= 4 is 98.5 Å². The number of benzene rings is 2. The van der Waals surface area contributed by atoms with Crippen LogP contribution in [0.25, 0.3) is 0 Å². The van der Waals surface area contributed by atoms with E-state index in [1.807, 2.05) is 36.4 Å². The Hall–Kier alpha value is -1.62. The van der Waals surface area contributed by atoms with E-state index in [-0.39, 0.29) is 0 Å². The third-order valence-corrected chi connectivity index (χ3v) is 9.94. The summed E-state index contributed by atoms with van der Waals surface area (Å²) in [4.78, 5) is 2.24. The van der Waals surface area contributed by atoms with E-state index in [2.05, 4.69) is 46.7 Å². The van der Waals surface area contributed by atoms with E-state index in [1.54, 1.807) is 41.4 Å². The largest absolute Gasteiger partial charge is 0.345 e. The molecule has 0 unspecified atom stereocenters. The second kappa shape index (κ2) is 9.46. The minimum absolute atomic E-state index is 0.771. The van der Waals surface area contributed by atoms with E-state index in [0.717, 1.165) is 46.9 Å². The lowest BCUT2D eigenvalue weighted by Crippen LogP contribution is -2.17. The number of nitrogens with one attached hydrogen (secondary N) is 2. The molecule has 2 N–H and O–H groups in total. The molecule has 0 radical (unpaired) electrons. The summed E-state index contributed by atoms with van der Waals surface area (Å²) >= 11 is 11.4. The molecule has 0 aliphatic carbocycles. The molecule has 4 rings (SSSR count). The highest BCUT2D eigenvalue weighted by Crippen LogP contribution is 2.48. The van der Waals surface area contributed by atoms with Gasteiger partial charge in [-0.2, -0.15) is 0 Å². The van der Waals surface area contributed by atoms with Crippen LogP contribution in [0.15, 0.2) is 60.7 Å². The summed E-state index contributed by atoms with van der Waals surface area (Å²) in [6.07, 6.45) is 0. The van der Waals surface area contributed by atoms with Crippen molar-refractivity contribution in [3.63, 3.8) is 0 Å². The van der Waals surface area contributed by atoms with Gasteiger partial charge < -0.3 is 15.5 Å². The molecule has 2 heterocycles. The van der Waals surface area contributed by atoms with Crippen LogP contribution in [0.3, 0.4) is 0 Å². The van der Waals surface area contributed by atoms with Crippen molar-refractivity contribution in [2.24, 2.45) is 0 Å². The smallest absolute Gasteiger partial charge is 0.130 e. The third-order valence-electron chi connectivity index (χ3n) is 4.14. The average molecular weight is 492 g/mol. The zero-order valence-electron chi connectivity index (χ0n) is 15.4. The van der Waals surface area contributed by atoms with E-state index >= 15 is 0 Å². The average Bonchev–Trinajstić information content (AvgIpc) is 3.28. The molecule has 9 heteroatoms. The van der Waals surface area contributed by atoms with Crippen molar-refractivity contribution in [1.29, 1.82) is 0 Å². The van der Waals surface area contributed by atoms with Crippen LogP contribution in [0.2, 0.25) is 0 Å². The zero-order chi connectivity index (χ0) is 20.2. The molecule has 148 valence electrons. The van der Waals surface area contributed by atoms with Gasteiger partial charge in [-0.1, -0.05) is 102 Å². The van der Waals surface area contributed by atoms with E-state index < -0.39 is 0 Å². The highest BCUT2D eigenvalue weighted by atomic mass is 32.9. The van der Waals surface area contributed by atoms with Gasteiger partial charge in [0.1, 0.15) is 29.0 Å². The van der Waals surface area contributed by atoms with Gasteiger partial charge in [-0.15, -0.1) is 0 Å². The molecular formula is C20H17N3S6. The maximum absolute atomic E-state index is 5.72.